The molecule has 3 rings (SSSR count). The second kappa shape index (κ2) is 6.75. The van der Waals surface area contributed by atoms with E-state index in [1.54, 1.807) is 6.92 Å². The number of nitrogens with zero attached hydrogens (tertiary/aromatic N) is 1. The van der Waals surface area contributed by atoms with E-state index in [1.165, 1.54) is 18.2 Å². The van der Waals surface area contributed by atoms with Gasteiger partial charge in [0.1, 0.15) is 5.75 Å². The minimum absolute atomic E-state index is 0.0293. The lowest BCUT2D eigenvalue weighted by molar-refractivity contribution is -0.432. The van der Waals surface area contributed by atoms with Crippen LogP contribution in [-0.4, -0.2) is 33.1 Å². The third kappa shape index (κ3) is 3.46. The number of benzene rings is 2. The van der Waals surface area contributed by atoms with Crippen LogP contribution in [0.3, 0.4) is 0 Å². The summed E-state index contributed by atoms with van der Waals surface area (Å²) in [4.78, 5) is 11.9. The number of aryl methyl sites for hydroxylation is 1. The molecular formula is C14H12N2O8S2. The number of phenolic OH excluding ortho intramolecular Hbond substituents is 1. The fraction of sp³-hybridized carbons (Fsp3) is 0.0714. The monoisotopic (exact) mass is 400 g/mol. The second-order valence-corrected chi connectivity index (χ2v) is 7.49. The van der Waals surface area contributed by atoms with Gasteiger partial charge in [-0.2, -0.15) is 8.42 Å². The van der Waals surface area contributed by atoms with Gasteiger partial charge >= 0.3 is 0 Å². The van der Waals surface area contributed by atoms with Crippen molar-refractivity contribution in [3.05, 3.63) is 46.4 Å². The van der Waals surface area contributed by atoms with Gasteiger partial charge in [0.05, 0.1) is 22.6 Å². The highest BCUT2D eigenvalue weighted by Gasteiger charge is 2.19. The molecule has 26 heavy (non-hydrogen) atoms. The Balaban J connectivity index is 2.38. The van der Waals surface area contributed by atoms with Gasteiger partial charge < -0.3 is 5.11 Å². The van der Waals surface area contributed by atoms with Gasteiger partial charge in [0, 0.05) is 22.0 Å². The fourth-order valence-corrected chi connectivity index (χ4v) is 3.52. The smallest absolute Gasteiger partial charge is 0.294 e. The molecule has 0 aliphatic rings. The van der Waals surface area contributed by atoms with Crippen LogP contribution in [0.25, 0.3) is 16.5 Å². The number of hydrogen-bond donors (Lipinski definition) is 4. The molecule has 0 bridgehead atoms. The molecule has 3 aromatic rings. The summed E-state index contributed by atoms with van der Waals surface area (Å²) >= 11 is 0.551. The number of H-pyrrole nitrogens is 1. The van der Waals surface area contributed by atoms with Gasteiger partial charge in [-0.25, -0.2) is 9.94 Å². The number of aromatic amines is 1. The van der Waals surface area contributed by atoms with E-state index in [9.17, 15) is 22.9 Å². The van der Waals surface area contributed by atoms with Crippen LogP contribution in [0, 0.1) is 6.92 Å². The number of phenols is 1. The number of aromatic nitrogens is 2. The Labute approximate surface area is 150 Å². The van der Waals surface area contributed by atoms with E-state index in [0.717, 1.165) is 16.8 Å². The lowest BCUT2D eigenvalue weighted by Crippen LogP contribution is -2.14. The molecule has 12 heteroatoms. The van der Waals surface area contributed by atoms with Crippen molar-refractivity contribution in [3.8, 4) is 11.4 Å². The van der Waals surface area contributed by atoms with E-state index >= 15 is 0 Å². The highest BCUT2D eigenvalue weighted by molar-refractivity contribution is 7.94. The Morgan fingerprint density at radius 1 is 1.19 bits per heavy atom. The molecule has 0 spiro atoms. The molecule has 138 valence electrons. The summed E-state index contributed by atoms with van der Waals surface area (Å²) in [7, 11) is -4.59. The average molecular weight is 400 g/mol. The van der Waals surface area contributed by atoms with E-state index in [2.05, 4.69) is 14.5 Å². The zero-order valence-corrected chi connectivity index (χ0v) is 14.7. The largest absolute Gasteiger partial charge is 0.507 e. The van der Waals surface area contributed by atoms with Gasteiger partial charge in [-0.3, -0.25) is 14.4 Å². The predicted molar refractivity (Wildman–Crippen MR) is 90.8 cm³/mol. The second-order valence-electron chi connectivity index (χ2n) is 5.30. The van der Waals surface area contributed by atoms with Crippen molar-refractivity contribution >= 4 is 32.9 Å². The lowest BCUT2D eigenvalue weighted by atomic mass is 10.1. The first-order chi connectivity index (χ1) is 12.2. The minimum atomic E-state index is -4.59. The van der Waals surface area contributed by atoms with Crippen molar-refractivity contribution < 1.29 is 32.7 Å². The van der Waals surface area contributed by atoms with Gasteiger partial charge in [-0.05, 0) is 36.6 Å². The highest BCUT2D eigenvalue weighted by Crippen LogP contribution is 2.36. The van der Waals surface area contributed by atoms with Crippen molar-refractivity contribution in [3.63, 3.8) is 0 Å². The van der Waals surface area contributed by atoms with Gasteiger partial charge in [0.25, 0.3) is 15.7 Å². The molecule has 1 heterocycles. The van der Waals surface area contributed by atoms with E-state index in [-0.39, 0.29) is 27.1 Å². The van der Waals surface area contributed by atoms with Crippen LogP contribution in [-0.2, 0) is 19.5 Å². The van der Waals surface area contributed by atoms with Crippen molar-refractivity contribution in [2.24, 2.45) is 0 Å². The molecule has 0 saturated heterocycles. The summed E-state index contributed by atoms with van der Waals surface area (Å²) in [5, 5.41) is 25.2. The van der Waals surface area contributed by atoms with Crippen LogP contribution in [0.15, 0.2) is 44.9 Å². The topological polar surface area (TPSA) is 151 Å². The Morgan fingerprint density at radius 2 is 1.92 bits per heavy atom. The van der Waals surface area contributed by atoms with Crippen LogP contribution >= 0.6 is 12.0 Å². The van der Waals surface area contributed by atoms with E-state index in [4.69, 9.17) is 5.26 Å². The van der Waals surface area contributed by atoms with Gasteiger partial charge in [0.2, 0.25) is 0 Å². The standard InChI is InChI=1S/C14H12N2O8S2/c1-7-2-13(18)16(15-7)11-6-10(26(20,21)22)4-8-3-9(25-24-23-19)5-12(17)14(8)11/h2-6,15,17,19H,1H3,(H,20,21,22). The summed E-state index contributed by atoms with van der Waals surface area (Å²) < 4.78 is 38.0. The molecule has 0 unspecified atom stereocenters. The molecule has 0 saturated carbocycles. The fourth-order valence-electron chi connectivity index (χ4n) is 2.54. The number of rotatable bonds is 5. The summed E-state index contributed by atoms with van der Waals surface area (Å²) in [6, 6.07) is 6.16. The lowest BCUT2D eigenvalue weighted by Gasteiger charge is -2.12. The normalized spacial score (nSPS) is 12.0. The molecular weight excluding hydrogens is 388 g/mol. The number of hydrogen-bond acceptors (Lipinski definition) is 8. The zero-order valence-electron chi connectivity index (χ0n) is 13.0. The van der Waals surface area contributed by atoms with Gasteiger partial charge in [-0.15, -0.1) is 4.33 Å². The molecule has 1 aromatic heterocycles. The van der Waals surface area contributed by atoms with Crippen LogP contribution < -0.4 is 5.56 Å². The summed E-state index contributed by atoms with van der Waals surface area (Å²) in [5.74, 6) is -0.289. The summed E-state index contributed by atoms with van der Waals surface area (Å²) in [6.07, 6.45) is 0. The maximum absolute atomic E-state index is 12.1. The van der Waals surface area contributed by atoms with Crippen molar-refractivity contribution in [1.29, 1.82) is 0 Å². The maximum Gasteiger partial charge on any atom is 0.294 e. The molecule has 0 atom stereocenters. The summed E-state index contributed by atoms with van der Waals surface area (Å²) in [5.41, 5.74) is 0.0633. The number of aromatic hydroxyl groups is 1. The molecule has 0 aliphatic carbocycles. The molecule has 0 aliphatic heterocycles. The molecule has 2 aromatic carbocycles. The third-order valence-electron chi connectivity index (χ3n) is 3.50. The van der Waals surface area contributed by atoms with Crippen molar-refractivity contribution in [2.75, 3.05) is 0 Å². The first kappa shape index (κ1) is 18.4. The zero-order chi connectivity index (χ0) is 19.1. The SMILES string of the molecule is Cc1cc(=O)n(-c2cc(S(=O)(=O)O)cc3cc(SOOO)cc(O)c23)[nH]1. The first-order valence-electron chi connectivity index (χ1n) is 6.93. The van der Waals surface area contributed by atoms with E-state index in [1.807, 2.05) is 0 Å². The van der Waals surface area contributed by atoms with E-state index < -0.39 is 20.6 Å². The van der Waals surface area contributed by atoms with Crippen LogP contribution in [0.2, 0.25) is 0 Å². The third-order valence-corrected chi connectivity index (χ3v) is 4.89. The molecule has 10 nitrogen and oxygen atoms in total. The quantitative estimate of drug-likeness (QED) is 0.218. The first-order valence-corrected chi connectivity index (χ1v) is 9.11. The highest BCUT2D eigenvalue weighted by atomic mass is 32.2. The molecule has 0 fully saturated rings. The summed E-state index contributed by atoms with van der Waals surface area (Å²) in [6.45, 7) is 1.63. The average Bonchev–Trinajstić information content (AvgIpc) is 2.89. The van der Waals surface area contributed by atoms with Gasteiger partial charge in [-0.1, -0.05) is 5.04 Å². The predicted octanol–water partition coefficient (Wildman–Crippen LogP) is 2.01. The van der Waals surface area contributed by atoms with Crippen molar-refractivity contribution in [1.82, 2.24) is 9.78 Å². The Bertz CT molecular complexity index is 1150. The Kier molecular flexibility index (Phi) is 4.79. The minimum Gasteiger partial charge on any atom is -0.507 e. The number of nitrogens with one attached hydrogen (secondary N) is 1. The van der Waals surface area contributed by atoms with Crippen LogP contribution in [0.4, 0.5) is 0 Å². The van der Waals surface area contributed by atoms with Gasteiger partial charge in [0.15, 0.2) is 0 Å². The molecule has 0 amide bonds. The van der Waals surface area contributed by atoms with Crippen molar-refractivity contribution in [2.45, 2.75) is 16.7 Å². The Hall–Kier alpha value is -2.35. The van der Waals surface area contributed by atoms with E-state index in [0.29, 0.717) is 17.7 Å². The molecule has 0 radical (unpaired) electrons. The molecule has 4 N–H and O–H groups in total. The Morgan fingerprint density at radius 3 is 2.50 bits per heavy atom. The van der Waals surface area contributed by atoms with Crippen LogP contribution in [0.1, 0.15) is 5.69 Å². The van der Waals surface area contributed by atoms with Crippen LogP contribution in [0.5, 0.6) is 5.75 Å². The maximum atomic E-state index is 12.1. The number of fused-ring (bicyclic) bond motifs is 1.